The van der Waals surface area contributed by atoms with Crippen molar-refractivity contribution in [3.63, 3.8) is 0 Å². The highest BCUT2D eigenvalue weighted by Crippen LogP contribution is 2.20. The number of aliphatic hydroxyl groups excluding tert-OH is 2. The summed E-state index contributed by atoms with van der Waals surface area (Å²) in [7, 11) is 1.71. The first-order valence-electron chi connectivity index (χ1n) is 5.27. The van der Waals surface area contributed by atoms with Crippen LogP contribution in [0, 0.1) is 5.92 Å². The van der Waals surface area contributed by atoms with Crippen molar-refractivity contribution in [2.24, 2.45) is 5.92 Å². The predicted octanol–water partition coefficient (Wildman–Crippen LogP) is 1.57. The lowest BCUT2D eigenvalue weighted by molar-refractivity contribution is 0.00813. The molecule has 3 heteroatoms. The van der Waals surface area contributed by atoms with Gasteiger partial charge in [0.25, 0.3) is 0 Å². The molecule has 0 rings (SSSR count). The molecule has 0 aliphatic heterocycles. The van der Waals surface area contributed by atoms with Gasteiger partial charge in [0.2, 0.25) is 0 Å². The molecule has 0 aliphatic rings. The van der Waals surface area contributed by atoms with E-state index in [-0.39, 0.29) is 18.1 Å². The Morgan fingerprint density at radius 3 is 2.36 bits per heavy atom. The first-order chi connectivity index (χ1) is 6.43. The molecule has 86 valence electrons. The first-order valence-corrected chi connectivity index (χ1v) is 5.27. The monoisotopic (exact) mass is 204 g/mol. The van der Waals surface area contributed by atoms with Gasteiger partial charge in [-0.1, -0.05) is 13.3 Å². The topological polar surface area (TPSA) is 49.7 Å². The Balaban J connectivity index is 3.63. The summed E-state index contributed by atoms with van der Waals surface area (Å²) in [5.74, 6) is 0.160. The van der Waals surface area contributed by atoms with E-state index in [1.807, 2.05) is 6.92 Å². The molecule has 0 heterocycles. The number of methoxy groups -OCH3 is 1. The Kier molecular flexibility index (Phi) is 6.33. The number of rotatable bonds is 7. The maximum absolute atomic E-state index is 9.33. The molecule has 0 aromatic heterocycles. The van der Waals surface area contributed by atoms with Crippen molar-refractivity contribution in [3.05, 3.63) is 0 Å². The van der Waals surface area contributed by atoms with Gasteiger partial charge in [-0.25, -0.2) is 0 Å². The molecular weight excluding hydrogens is 180 g/mol. The maximum atomic E-state index is 9.33. The lowest BCUT2D eigenvalue weighted by Gasteiger charge is -2.24. The molecule has 0 amide bonds. The fourth-order valence-electron chi connectivity index (χ4n) is 1.32. The minimum absolute atomic E-state index is 0.0795. The maximum Gasteiger partial charge on any atom is 0.0796 e. The Morgan fingerprint density at radius 2 is 1.93 bits per heavy atom. The number of aliphatic hydroxyl groups is 2. The molecule has 0 aromatic rings. The molecule has 0 saturated carbocycles. The molecule has 0 radical (unpaired) electrons. The van der Waals surface area contributed by atoms with Crippen LogP contribution in [0.2, 0.25) is 0 Å². The molecule has 2 N–H and O–H groups in total. The van der Waals surface area contributed by atoms with Gasteiger partial charge in [0.1, 0.15) is 0 Å². The lowest BCUT2D eigenvalue weighted by atomic mass is 9.94. The molecule has 0 saturated heterocycles. The van der Waals surface area contributed by atoms with Gasteiger partial charge in [-0.05, 0) is 32.6 Å². The van der Waals surface area contributed by atoms with Crippen LogP contribution in [0.5, 0.6) is 0 Å². The number of hydrogen-bond acceptors (Lipinski definition) is 3. The molecule has 0 aliphatic carbocycles. The Morgan fingerprint density at radius 1 is 1.36 bits per heavy atom. The quantitative estimate of drug-likeness (QED) is 0.662. The van der Waals surface area contributed by atoms with Gasteiger partial charge in [-0.15, -0.1) is 0 Å². The van der Waals surface area contributed by atoms with E-state index in [1.54, 1.807) is 7.11 Å². The average Bonchev–Trinajstić information content (AvgIpc) is 2.16. The SMILES string of the molecule is COC(C)(C)CCCC(C)C(O)CO. The van der Waals surface area contributed by atoms with Crippen LogP contribution in [0.3, 0.4) is 0 Å². The molecule has 2 atom stereocenters. The van der Waals surface area contributed by atoms with Crippen LogP contribution in [0.15, 0.2) is 0 Å². The smallest absolute Gasteiger partial charge is 0.0796 e. The van der Waals surface area contributed by atoms with Gasteiger partial charge in [-0.2, -0.15) is 0 Å². The zero-order chi connectivity index (χ0) is 11.2. The van der Waals surface area contributed by atoms with Crippen molar-refractivity contribution in [2.75, 3.05) is 13.7 Å². The van der Waals surface area contributed by atoms with E-state index >= 15 is 0 Å². The van der Waals surface area contributed by atoms with Gasteiger partial charge in [-0.3, -0.25) is 0 Å². The van der Waals surface area contributed by atoms with Gasteiger partial charge in [0, 0.05) is 7.11 Å². The van der Waals surface area contributed by atoms with E-state index in [4.69, 9.17) is 9.84 Å². The van der Waals surface area contributed by atoms with Gasteiger partial charge in [0.15, 0.2) is 0 Å². The van der Waals surface area contributed by atoms with Crippen molar-refractivity contribution in [2.45, 2.75) is 51.7 Å². The highest BCUT2D eigenvalue weighted by molar-refractivity contribution is 4.70. The molecular formula is C11H24O3. The normalized spacial score (nSPS) is 16.7. The zero-order valence-electron chi connectivity index (χ0n) is 9.79. The third-order valence-corrected chi connectivity index (χ3v) is 2.83. The van der Waals surface area contributed by atoms with E-state index in [1.165, 1.54) is 0 Å². The summed E-state index contributed by atoms with van der Waals surface area (Å²) >= 11 is 0. The van der Waals surface area contributed by atoms with Crippen LogP contribution in [0.1, 0.15) is 40.0 Å². The summed E-state index contributed by atoms with van der Waals surface area (Å²) in [5.41, 5.74) is -0.0795. The van der Waals surface area contributed by atoms with E-state index in [0.717, 1.165) is 19.3 Å². The van der Waals surface area contributed by atoms with Gasteiger partial charge in [0.05, 0.1) is 18.3 Å². The second kappa shape index (κ2) is 6.38. The Labute approximate surface area is 87.1 Å². The van der Waals surface area contributed by atoms with Crippen LogP contribution in [-0.4, -0.2) is 35.6 Å². The lowest BCUT2D eigenvalue weighted by Crippen LogP contribution is -2.24. The highest BCUT2D eigenvalue weighted by Gasteiger charge is 2.18. The third-order valence-electron chi connectivity index (χ3n) is 2.83. The van der Waals surface area contributed by atoms with Crippen molar-refractivity contribution in [1.82, 2.24) is 0 Å². The van der Waals surface area contributed by atoms with Crippen LogP contribution < -0.4 is 0 Å². The summed E-state index contributed by atoms with van der Waals surface area (Å²) < 4.78 is 5.29. The van der Waals surface area contributed by atoms with Crippen molar-refractivity contribution >= 4 is 0 Å². The highest BCUT2D eigenvalue weighted by atomic mass is 16.5. The zero-order valence-corrected chi connectivity index (χ0v) is 9.79. The third kappa shape index (κ3) is 5.58. The fraction of sp³-hybridized carbons (Fsp3) is 1.00. The summed E-state index contributed by atoms with van der Waals surface area (Å²) in [6, 6.07) is 0. The molecule has 0 bridgehead atoms. The summed E-state index contributed by atoms with van der Waals surface area (Å²) in [5, 5.41) is 18.1. The Hall–Kier alpha value is -0.120. The van der Waals surface area contributed by atoms with Crippen molar-refractivity contribution in [3.8, 4) is 0 Å². The first kappa shape index (κ1) is 13.9. The largest absolute Gasteiger partial charge is 0.394 e. The number of hydrogen-bond donors (Lipinski definition) is 2. The standard InChI is InChI=1S/C11H24O3/c1-9(10(13)8-12)6-5-7-11(2,3)14-4/h9-10,12-13H,5-8H2,1-4H3. The molecule has 0 spiro atoms. The van der Waals surface area contributed by atoms with E-state index in [2.05, 4.69) is 13.8 Å². The second-order valence-electron chi connectivity index (χ2n) is 4.58. The average molecular weight is 204 g/mol. The minimum atomic E-state index is -0.583. The van der Waals surface area contributed by atoms with Crippen LogP contribution in [0.25, 0.3) is 0 Å². The van der Waals surface area contributed by atoms with Gasteiger partial charge < -0.3 is 14.9 Å². The molecule has 14 heavy (non-hydrogen) atoms. The summed E-state index contributed by atoms with van der Waals surface area (Å²) in [6.45, 7) is 5.93. The summed E-state index contributed by atoms with van der Waals surface area (Å²) in [4.78, 5) is 0. The second-order valence-corrected chi connectivity index (χ2v) is 4.58. The molecule has 0 fully saturated rings. The van der Waals surface area contributed by atoms with Crippen molar-refractivity contribution in [1.29, 1.82) is 0 Å². The van der Waals surface area contributed by atoms with Crippen LogP contribution in [0.4, 0.5) is 0 Å². The van der Waals surface area contributed by atoms with Crippen LogP contribution in [-0.2, 0) is 4.74 Å². The molecule has 3 nitrogen and oxygen atoms in total. The van der Waals surface area contributed by atoms with E-state index < -0.39 is 6.10 Å². The van der Waals surface area contributed by atoms with E-state index in [0.29, 0.717) is 0 Å². The van der Waals surface area contributed by atoms with Crippen molar-refractivity contribution < 1.29 is 14.9 Å². The minimum Gasteiger partial charge on any atom is -0.394 e. The van der Waals surface area contributed by atoms with Crippen LogP contribution >= 0.6 is 0 Å². The summed E-state index contributed by atoms with van der Waals surface area (Å²) in [6.07, 6.45) is 2.33. The molecule has 0 aromatic carbocycles. The van der Waals surface area contributed by atoms with Gasteiger partial charge >= 0.3 is 0 Å². The Bertz CT molecular complexity index is 145. The number of ether oxygens (including phenoxy) is 1. The molecule has 2 unspecified atom stereocenters. The fourth-order valence-corrected chi connectivity index (χ4v) is 1.32. The van der Waals surface area contributed by atoms with E-state index in [9.17, 15) is 5.11 Å². The predicted molar refractivity (Wildman–Crippen MR) is 57.2 cm³/mol.